The summed E-state index contributed by atoms with van der Waals surface area (Å²) < 4.78 is 0. The van der Waals surface area contributed by atoms with Crippen LogP contribution in [0, 0.1) is 0 Å². The Labute approximate surface area is 136 Å². The number of para-hydroxylation sites is 2. The molecule has 4 nitrogen and oxygen atoms in total. The van der Waals surface area contributed by atoms with Gasteiger partial charge in [0.05, 0.1) is 12.2 Å². The molecule has 0 bridgehead atoms. The molecule has 0 unspecified atom stereocenters. The summed E-state index contributed by atoms with van der Waals surface area (Å²) >= 11 is 0. The maximum absolute atomic E-state index is 12.4. The SMILES string of the molecule is CC(=O)c1ccccc1NC(=O)CN1c2ccccc2C[C@@H]1C. The number of Topliss-reactive ketones (excluding diaryl/α,β-unsaturated/α-hetero) is 1. The van der Waals surface area contributed by atoms with Crippen LogP contribution in [0.3, 0.4) is 0 Å². The van der Waals surface area contributed by atoms with Crippen molar-refractivity contribution in [1.29, 1.82) is 0 Å². The van der Waals surface area contributed by atoms with Gasteiger partial charge in [0.15, 0.2) is 5.78 Å². The maximum atomic E-state index is 12.4. The van der Waals surface area contributed by atoms with Crippen LogP contribution in [-0.2, 0) is 11.2 Å². The number of carbonyl (C=O) groups is 2. The van der Waals surface area contributed by atoms with Gasteiger partial charge in [-0.2, -0.15) is 0 Å². The molecular formula is C19H20N2O2. The number of ketones is 1. The number of benzene rings is 2. The van der Waals surface area contributed by atoms with Gasteiger partial charge < -0.3 is 10.2 Å². The highest BCUT2D eigenvalue weighted by atomic mass is 16.2. The lowest BCUT2D eigenvalue weighted by Gasteiger charge is -2.24. The zero-order valence-electron chi connectivity index (χ0n) is 13.4. The van der Waals surface area contributed by atoms with Gasteiger partial charge in [0.25, 0.3) is 0 Å². The fraction of sp³-hybridized carbons (Fsp3) is 0.263. The van der Waals surface area contributed by atoms with Gasteiger partial charge in [0.2, 0.25) is 5.91 Å². The molecule has 1 aliphatic heterocycles. The van der Waals surface area contributed by atoms with Crippen molar-refractivity contribution in [3.8, 4) is 0 Å². The minimum Gasteiger partial charge on any atom is -0.359 e. The lowest BCUT2D eigenvalue weighted by molar-refractivity contribution is -0.115. The first-order valence-electron chi connectivity index (χ1n) is 7.80. The molecule has 0 aliphatic carbocycles. The Hall–Kier alpha value is -2.62. The van der Waals surface area contributed by atoms with E-state index in [9.17, 15) is 9.59 Å². The van der Waals surface area contributed by atoms with Crippen molar-refractivity contribution in [3.63, 3.8) is 0 Å². The van der Waals surface area contributed by atoms with Gasteiger partial charge in [-0.25, -0.2) is 0 Å². The molecule has 0 saturated heterocycles. The number of fused-ring (bicyclic) bond motifs is 1. The van der Waals surface area contributed by atoms with Crippen LogP contribution >= 0.6 is 0 Å². The van der Waals surface area contributed by atoms with E-state index >= 15 is 0 Å². The minimum atomic E-state index is -0.109. The van der Waals surface area contributed by atoms with Gasteiger partial charge in [0.1, 0.15) is 0 Å². The fourth-order valence-electron chi connectivity index (χ4n) is 3.11. The van der Waals surface area contributed by atoms with Crippen LogP contribution in [0.4, 0.5) is 11.4 Å². The Morgan fingerprint density at radius 1 is 1.13 bits per heavy atom. The minimum absolute atomic E-state index is 0.0548. The molecule has 1 aliphatic rings. The van der Waals surface area contributed by atoms with E-state index in [2.05, 4.69) is 29.3 Å². The van der Waals surface area contributed by atoms with E-state index in [0.29, 0.717) is 17.3 Å². The summed E-state index contributed by atoms with van der Waals surface area (Å²) in [6, 6.07) is 15.6. The van der Waals surface area contributed by atoms with Crippen LogP contribution in [0.1, 0.15) is 29.8 Å². The van der Waals surface area contributed by atoms with Crippen molar-refractivity contribution in [2.24, 2.45) is 0 Å². The zero-order chi connectivity index (χ0) is 16.4. The van der Waals surface area contributed by atoms with Crippen LogP contribution in [-0.4, -0.2) is 24.3 Å². The van der Waals surface area contributed by atoms with Gasteiger partial charge in [-0.3, -0.25) is 9.59 Å². The van der Waals surface area contributed by atoms with Crippen molar-refractivity contribution in [3.05, 3.63) is 59.7 Å². The highest BCUT2D eigenvalue weighted by Crippen LogP contribution is 2.31. The summed E-state index contributed by atoms with van der Waals surface area (Å²) in [6.07, 6.45) is 0.952. The first kappa shape index (κ1) is 15.3. The average Bonchev–Trinajstić information content (AvgIpc) is 2.83. The highest BCUT2D eigenvalue weighted by molar-refractivity contribution is 6.04. The number of rotatable bonds is 4. The Morgan fingerprint density at radius 2 is 1.83 bits per heavy atom. The van der Waals surface area contributed by atoms with Crippen LogP contribution in [0.2, 0.25) is 0 Å². The Morgan fingerprint density at radius 3 is 2.61 bits per heavy atom. The van der Waals surface area contributed by atoms with Crippen LogP contribution in [0.15, 0.2) is 48.5 Å². The molecule has 0 saturated carbocycles. The highest BCUT2D eigenvalue weighted by Gasteiger charge is 2.27. The number of nitrogens with one attached hydrogen (secondary N) is 1. The molecule has 1 atom stereocenters. The van der Waals surface area contributed by atoms with E-state index in [-0.39, 0.29) is 18.2 Å². The Bertz CT molecular complexity index is 755. The molecule has 1 heterocycles. The summed E-state index contributed by atoms with van der Waals surface area (Å²) in [5.74, 6) is -0.164. The largest absolute Gasteiger partial charge is 0.359 e. The van der Waals surface area contributed by atoms with E-state index in [1.807, 2.05) is 18.2 Å². The monoisotopic (exact) mass is 308 g/mol. The van der Waals surface area contributed by atoms with Crippen LogP contribution < -0.4 is 10.2 Å². The first-order valence-corrected chi connectivity index (χ1v) is 7.80. The number of hydrogen-bond donors (Lipinski definition) is 1. The molecule has 0 fully saturated rings. The zero-order valence-corrected chi connectivity index (χ0v) is 13.4. The van der Waals surface area contributed by atoms with E-state index in [1.54, 1.807) is 18.2 Å². The summed E-state index contributed by atoms with van der Waals surface area (Å²) in [6.45, 7) is 3.91. The van der Waals surface area contributed by atoms with E-state index in [0.717, 1.165) is 12.1 Å². The molecule has 0 spiro atoms. The Kier molecular flexibility index (Phi) is 4.15. The Balaban J connectivity index is 1.75. The molecule has 3 rings (SSSR count). The molecule has 1 N–H and O–H groups in total. The number of nitrogens with zero attached hydrogens (tertiary/aromatic N) is 1. The lowest BCUT2D eigenvalue weighted by atomic mass is 10.1. The van der Waals surface area contributed by atoms with E-state index in [1.165, 1.54) is 12.5 Å². The van der Waals surface area contributed by atoms with E-state index < -0.39 is 0 Å². The molecule has 2 aromatic rings. The van der Waals surface area contributed by atoms with Gasteiger partial charge in [-0.05, 0) is 44.0 Å². The number of carbonyl (C=O) groups excluding carboxylic acids is 2. The van der Waals surface area contributed by atoms with Crippen LogP contribution in [0.25, 0.3) is 0 Å². The third-order valence-electron chi connectivity index (χ3n) is 4.24. The normalized spacial score (nSPS) is 16.1. The summed E-state index contributed by atoms with van der Waals surface area (Å²) in [5, 5.41) is 2.87. The van der Waals surface area contributed by atoms with Crippen LogP contribution in [0.5, 0.6) is 0 Å². The molecule has 23 heavy (non-hydrogen) atoms. The summed E-state index contributed by atoms with van der Waals surface area (Å²) in [4.78, 5) is 26.2. The van der Waals surface area contributed by atoms with Crippen molar-refractivity contribution < 1.29 is 9.59 Å². The number of amides is 1. The smallest absolute Gasteiger partial charge is 0.243 e. The summed E-state index contributed by atoms with van der Waals surface area (Å²) in [7, 11) is 0. The predicted octanol–water partition coefficient (Wildman–Crippen LogP) is 3.28. The fourth-order valence-corrected chi connectivity index (χ4v) is 3.11. The molecule has 4 heteroatoms. The second kappa shape index (κ2) is 6.24. The molecule has 118 valence electrons. The van der Waals surface area contributed by atoms with Crippen molar-refractivity contribution in [2.45, 2.75) is 26.3 Å². The van der Waals surface area contributed by atoms with Crippen molar-refractivity contribution in [1.82, 2.24) is 0 Å². The van der Waals surface area contributed by atoms with Gasteiger partial charge in [-0.1, -0.05) is 30.3 Å². The molecular weight excluding hydrogens is 288 g/mol. The van der Waals surface area contributed by atoms with Gasteiger partial charge >= 0.3 is 0 Å². The third-order valence-corrected chi connectivity index (χ3v) is 4.24. The molecule has 0 radical (unpaired) electrons. The lowest BCUT2D eigenvalue weighted by Crippen LogP contribution is -2.37. The van der Waals surface area contributed by atoms with E-state index in [4.69, 9.17) is 0 Å². The van der Waals surface area contributed by atoms with Crippen molar-refractivity contribution >= 4 is 23.1 Å². The molecule has 2 aromatic carbocycles. The van der Waals surface area contributed by atoms with Gasteiger partial charge in [-0.15, -0.1) is 0 Å². The van der Waals surface area contributed by atoms with Crippen molar-refractivity contribution in [2.75, 3.05) is 16.8 Å². The number of hydrogen-bond acceptors (Lipinski definition) is 3. The second-order valence-electron chi connectivity index (χ2n) is 5.96. The summed E-state index contributed by atoms with van der Waals surface area (Å²) in [5.41, 5.74) is 3.51. The topological polar surface area (TPSA) is 49.4 Å². The maximum Gasteiger partial charge on any atom is 0.243 e. The predicted molar refractivity (Wildman–Crippen MR) is 92.0 cm³/mol. The standard InChI is InChI=1S/C19H20N2O2/c1-13-11-15-7-3-6-10-18(15)21(13)12-19(23)20-17-9-5-4-8-16(17)14(2)22/h3-10,13H,11-12H2,1-2H3,(H,20,23)/t13-/m0/s1. The first-order chi connectivity index (χ1) is 11.1. The van der Waals surface area contributed by atoms with Gasteiger partial charge in [0, 0.05) is 17.3 Å². The molecule has 1 amide bonds. The number of anilines is 2. The second-order valence-corrected chi connectivity index (χ2v) is 5.96. The average molecular weight is 308 g/mol. The quantitative estimate of drug-likeness (QED) is 0.882. The molecule has 0 aromatic heterocycles. The third kappa shape index (κ3) is 3.11.